The highest BCUT2D eigenvalue weighted by Crippen LogP contribution is 2.22. The van der Waals surface area contributed by atoms with E-state index in [9.17, 15) is 9.18 Å². The number of nitrogens with one attached hydrogen (secondary N) is 1. The third kappa shape index (κ3) is 4.93. The Labute approximate surface area is 134 Å². The van der Waals surface area contributed by atoms with Gasteiger partial charge in [0.25, 0.3) is 0 Å². The van der Waals surface area contributed by atoms with Crippen LogP contribution in [0.15, 0.2) is 41.8 Å². The van der Waals surface area contributed by atoms with Gasteiger partial charge in [0.2, 0.25) is 5.91 Å². The van der Waals surface area contributed by atoms with Crippen LogP contribution in [0, 0.1) is 5.82 Å². The molecular weight excluding hydrogens is 299 g/mol. The van der Waals surface area contributed by atoms with Gasteiger partial charge in [-0.15, -0.1) is 11.3 Å². The zero-order valence-corrected chi connectivity index (χ0v) is 13.7. The minimum Gasteiger partial charge on any atom is -0.354 e. The number of carbonyl (C=O) groups excluding carboxylic acids is 1. The Bertz CT molecular complexity index is 598. The normalized spacial score (nSPS) is 12.4. The van der Waals surface area contributed by atoms with Crippen molar-refractivity contribution in [1.82, 2.24) is 10.2 Å². The lowest BCUT2D eigenvalue weighted by molar-refractivity contribution is -0.121. The number of benzene rings is 1. The molecule has 0 aliphatic heterocycles. The molecule has 22 heavy (non-hydrogen) atoms. The molecule has 2 rings (SSSR count). The summed E-state index contributed by atoms with van der Waals surface area (Å²) in [5.74, 6) is -0.268. The Hall–Kier alpha value is -1.72. The molecule has 5 heteroatoms. The molecule has 1 aromatic carbocycles. The number of carbonyl (C=O) groups is 1. The summed E-state index contributed by atoms with van der Waals surface area (Å²) in [5, 5.41) is 5.01. The summed E-state index contributed by atoms with van der Waals surface area (Å²) < 4.78 is 13.1. The molecule has 0 aliphatic carbocycles. The van der Waals surface area contributed by atoms with E-state index >= 15 is 0 Å². The highest BCUT2D eigenvalue weighted by Gasteiger charge is 2.16. The van der Waals surface area contributed by atoms with Gasteiger partial charge < -0.3 is 10.2 Å². The SMILES string of the molecule is CN(C)C(CNC(=O)CCc1cccc(F)c1)c1cccs1. The maximum atomic E-state index is 13.1. The lowest BCUT2D eigenvalue weighted by atomic mass is 10.1. The summed E-state index contributed by atoms with van der Waals surface area (Å²) >= 11 is 1.69. The predicted molar refractivity (Wildman–Crippen MR) is 88.5 cm³/mol. The Morgan fingerprint density at radius 2 is 2.14 bits per heavy atom. The quantitative estimate of drug-likeness (QED) is 0.849. The second-order valence-corrected chi connectivity index (χ2v) is 6.41. The van der Waals surface area contributed by atoms with Crippen molar-refractivity contribution in [1.29, 1.82) is 0 Å². The van der Waals surface area contributed by atoms with E-state index in [0.29, 0.717) is 19.4 Å². The highest BCUT2D eigenvalue weighted by molar-refractivity contribution is 7.10. The summed E-state index contributed by atoms with van der Waals surface area (Å²) in [4.78, 5) is 15.3. The van der Waals surface area contributed by atoms with Crippen LogP contribution in [0.5, 0.6) is 0 Å². The Morgan fingerprint density at radius 3 is 2.77 bits per heavy atom. The molecule has 0 bridgehead atoms. The molecule has 0 saturated heterocycles. The Morgan fingerprint density at radius 1 is 1.32 bits per heavy atom. The van der Waals surface area contributed by atoms with Gasteiger partial charge in [-0.05, 0) is 49.7 Å². The minimum atomic E-state index is -0.261. The molecule has 118 valence electrons. The number of nitrogens with zero attached hydrogens (tertiary/aromatic N) is 1. The second-order valence-electron chi connectivity index (χ2n) is 5.43. The average molecular weight is 320 g/mol. The zero-order valence-electron chi connectivity index (χ0n) is 12.9. The van der Waals surface area contributed by atoms with Crippen LogP contribution in [-0.4, -0.2) is 31.4 Å². The molecule has 1 amide bonds. The Balaban J connectivity index is 1.81. The average Bonchev–Trinajstić information content (AvgIpc) is 2.99. The molecule has 1 atom stereocenters. The molecule has 3 nitrogen and oxygen atoms in total. The van der Waals surface area contributed by atoms with Crippen molar-refractivity contribution in [2.75, 3.05) is 20.6 Å². The van der Waals surface area contributed by atoms with E-state index in [1.165, 1.54) is 17.0 Å². The number of thiophene rings is 1. The second kappa shape index (κ2) is 8.06. The number of likely N-dealkylation sites (N-methyl/N-ethyl adjacent to an activating group) is 1. The first-order chi connectivity index (χ1) is 10.6. The van der Waals surface area contributed by atoms with Crippen LogP contribution < -0.4 is 5.32 Å². The molecule has 1 heterocycles. The fraction of sp³-hybridized carbons (Fsp3) is 0.353. The van der Waals surface area contributed by atoms with E-state index < -0.39 is 0 Å². The fourth-order valence-electron chi connectivity index (χ4n) is 2.27. The van der Waals surface area contributed by atoms with Crippen LogP contribution in [0.3, 0.4) is 0 Å². The smallest absolute Gasteiger partial charge is 0.220 e. The van der Waals surface area contributed by atoms with Gasteiger partial charge in [-0.2, -0.15) is 0 Å². The van der Waals surface area contributed by atoms with Crippen LogP contribution in [0.4, 0.5) is 4.39 Å². The van der Waals surface area contributed by atoms with Crippen molar-refractivity contribution in [2.45, 2.75) is 18.9 Å². The lowest BCUT2D eigenvalue weighted by Gasteiger charge is -2.23. The van der Waals surface area contributed by atoms with E-state index in [-0.39, 0.29) is 17.8 Å². The summed E-state index contributed by atoms with van der Waals surface area (Å²) in [6, 6.07) is 10.7. The highest BCUT2D eigenvalue weighted by atomic mass is 32.1. The van der Waals surface area contributed by atoms with Crippen molar-refractivity contribution in [3.63, 3.8) is 0 Å². The molecule has 0 radical (unpaired) electrons. The first kappa shape index (κ1) is 16.6. The van der Waals surface area contributed by atoms with Gasteiger partial charge >= 0.3 is 0 Å². The van der Waals surface area contributed by atoms with Gasteiger partial charge in [0.05, 0.1) is 6.04 Å². The number of hydrogen-bond donors (Lipinski definition) is 1. The maximum Gasteiger partial charge on any atom is 0.220 e. The summed E-state index contributed by atoms with van der Waals surface area (Å²) in [6.45, 7) is 0.579. The third-order valence-corrected chi connectivity index (χ3v) is 4.49. The predicted octanol–water partition coefficient (Wildman–Crippen LogP) is 3.24. The van der Waals surface area contributed by atoms with E-state index in [4.69, 9.17) is 0 Å². The number of hydrogen-bond acceptors (Lipinski definition) is 3. The van der Waals surface area contributed by atoms with Crippen molar-refractivity contribution >= 4 is 17.2 Å². The number of halogens is 1. The van der Waals surface area contributed by atoms with E-state index in [2.05, 4.69) is 16.3 Å². The first-order valence-corrected chi connectivity index (χ1v) is 8.15. The fourth-order valence-corrected chi connectivity index (χ4v) is 3.19. The lowest BCUT2D eigenvalue weighted by Crippen LogP contribution is -2.34. The molecule has 0 fully saturated rings. The number of amides is 1. The molecule has 1 aromatic heterocycles. The Kier molecular flexibility index (Phi) is 6.10. The van der Waals surface area contributed by atoms with Crippen molar-refractivity contribution in [2.24, 2.45) is 0 Å². The minimum absolute atomic E-state index is 0.00679. The molecule has 0 spiro atoms. The summed E-state index contributed by atoms with van der Waals surface area (Å²) in [5.41, 5.74) is 0.845. The molecule has 1 N–H and O–H groups in total. The van der Waals surface area contributed by atoms with E-state index in [1.807, 2.05) is 31.6 Å². The molecular formula is C17H21FN2OS. The standard InChI is InChI=1S/C17H21FN2OS/c1-20(2)15(16-7-4-10-22-16)12-19-17(21)9-8-13-5-3-6-14(18)11-13/h3-7,10-11,15H,8-9,12H2,1-2H3,(H,19,21). The molecule has 0 aliphatic rings. The van der Waals surface area contributed by atoms with Gasteiger partial charge in [-0.1, -0.05) is 18.2 Å². The summed E-state index contributed by atoms with van der Waals surface area (Å²) in [7, 11) is 4.01. The topological polar surface area (TPSA) is 32.3 Å². The van der Waals surface area contributed by atoms with Crippen LogP contribution in [0.1, 0.15) is 22.9 Å². The summed E-state index contributed by atoms with van der Waals surface area (Å²) in [6.07, 6.45) is 0.920. The number of aryl methyl sites for hydroxylation is 1. The van der Waals surface area contributed by atoms with Crippen molar-refractivity contribution in [3.8, 4) is 0 Å². The van der Waals surface area contributed by atoms with Crippen LogP contribution in [0.2, 0.25) is 0 Å². The maximum absolute atomic E-state index is 13.1. The monoisotopic (exact) mass is 320 g/mol. The first-order valence-electron chi connectivity index (χ1n) is 7.27. The van der Waals surface area contributed by atoms with Crippen LogP contribution in [-0.2, 0) is 11.2 Å². The largest absolute Gasteiger partial charge is 0.354 e. The van der Waals surface area contributed by atoms with E-state index in [0.717, 1.165) is 5.56 Å². The van der Waals surface area contributed by atoms with Crippen LogP contribution >= 0.6 is 11.3 Å². The third-order valence-electron chi connectivity index (χ3n) is 3.52. The van der Waals surface area contributed by atoms with Gasteiger partial charge in [-0.25, -0.2) is 4.39 Å². The van der Waals surface area contributed by atoms with Crippen molar-refractivity contribution < 1.29 is 9.18 Å². The van der Waals surface area contributed by atoms with Gasteiger partial charge in [0, 0.05) is 17.8 Å². The van der Waals surface area contributed by atoms with Gasteiger partial charge in [-0.3, -0.25) is 4.79 Å². The van der Waals surface area contributed by atoms with Gasteiger partial charge in [0.1, 0.15) is 5.82 Å². The van der Waals surface area contributed by atoms with Gasteiger partial charge in [0.15, 0.2) is 0 Å². The molecule has 0 saturated carbocycles. The van der Waals surface area contributed by atoms with E-state index in [1.54, 1.807) is 17.4 Å². The zero-order chi connectivity index (χ0) is 15.9. The van der Waals surface area contributed by atoms with Crippen molar-refractivity contribution in [3.05, 3.63) is 58.0 Å². The molecule has 1 unspecified atom stereocenters. The number of rotatable bonds is 7. The molecule has 2 aromatic rings. The van der Waals surface area contributed by atoms with Crippen LogP contribution in [0.25, 0.3) is 0 Å².